The summed E-state index contributed by atoms with van der Waals surface area (Å²) in [5.41, 5.74) is 3.96. The molecular weight excluding hydrogens is 979 g/mol. The zero-order valence-corrected chi connectivity index (χ0v) is 45.8. The molecule has 0 fully saturated rings. The molecule has 0 spiro atoms. The van der Waals surface area contributed by atoms with Crippen molar-refractivity contribution >= 4 is 56.5 Å². The molecule has 384 valence electrons. The molecule has 0 N–H and O–H groups in total. The van der Waals surface area contributed by atoms with Crippen molar-refractivity contribution in [1.29, 1.82) is 0 Å². The van der Waals surface area contributed by atoms with Crippen LogP contribution in [0.15, 0.2) is 84.9 Å². The maximum absolute atomic E-state index is 17.1. The molecule has 0 saturated heterocycles. The standard InChI is InChI=1S/C57H70F2O8S4/c1-9-60-25-27-62-29-31-64-33-35-66-41-15-11-39(12-16-41)53-44(37-48(70-53)46-19-21-50(68-46)55(3,4)5)43-23-24-57(58,59)52(43)45-38-49(47-20-22-51(69-47)56(6,7)8)71-54(45)40-13-17-42(18-14-40)67-36-34-65-32-30-63-28-26-61-10-2/h11-22,37-38H,9-10,23-36H2,1-8H3. The number of thiophene rings is 4. The normalized spacial score (nSPS) is 14.0. The minimum Gasteiger partial charge on any atom is -0.491 e. The summed E-state index contributed by atoms with van der Waals surface area (Å²) in [4.78, 5) is 8.50. The van der Waals surface area contributed by atoms with Gasteiger partial charge in [-0.2, -0.15) is 0 Å². The third-order valence-corrected chi connectivity index (χ3v) is 17.5. The fraction of sp³-hybridized carbons (Fsp3) is 0.474. The Hall–Kier alpha value is -3.80. The van der Waals surface area contributed by atoms with Crippen LogP contribution in [0.1, 0.15) is 89.1 Å². The lowest BCUT2D eigenvalue weighted by Gasteiger charge is -2.17. The molecular formula is C57H70F2O8S4. The first-order chi connectivity index (χ1) is 34.2. The van der Waals surface area contributed by atoms with Gasteiger partial charge in [0.2, 0.25) is 0 Å². The second-order valence-electron chi connectivity index (χ2n) is 19.2. The molecule has 8 nitrogen and oxygen atoms in total. The average Bonchev–Trinajstić information content (AvgIpc) is 4.20. The van der Waals surface area contributed by atoms with E-state index in [2.05, 4.69) is 71.9 Å². The first-order valence-electron chi connectivity index (χ1n) is 24.7. The van der Waals surface area contributed by atoms with Gasteiger partial charge in [0.1, 0.15) is 24.7 Å². The smallest absolute Gasteiger partial charge is 0.274 e. The summed E-state index contributed by atoms with van der Waals surface area (Å²) in [6.07, 6.45) is -0.0241. The van der Waals surface area contributed by atoms with Crippen molar-refractivity contribution in [3.05, 3.63) is 106 Å². The Morgan fingerprint density at radius 2 is 0.831 bits per heavy atom. The highest BCUT2D eigenvalue weighted by Crippen LogP contribution is 2.57. The van der Waals surface area contributed by atoms with Gasteiger partial charge in [-0.3, -0.25) is 0 Å². The molecule has 0 amide bonds. The third kappa shape index (κ3) is 15.2. The van der Waals surface area contributed by atoms with E-state index in [9.17, 15) is 0 Å². The van der Waals surface area contributed by atoms with E-state index >= 15 is 8.78 Å². The summed E-state index contributed by atoms with van der Waals surface area (Å²) in [5.74, 6) is -1.67. The minimum absolute atomic E-state index is 0.0189. The van der Waals surface area contributed by atoms with Crippen LogP contribution in [0.2, 0.25) is 0 Å². The van der Waals surface area contributed by atoms with Gasteiger partial charge in [-0.15, -0.1) is 45.3 Å². The van der Waals surface area contributed by atoms with Crippen LogP contribution in [0.4, 0.5) is 8.78 Å². The molecule has 0 bridgehead atoms. The molecule has 4 heterocycles. The summed E-state index contributed by atoms with van der Waals surface area (Å²) >= 11 is 6.73. The van der Waals surface area contributed by atoms with E-state index in [1.165, 1.54) is 9.75 Å². The van der Waals surface area contributed by atoms with Crippen molar-refractivity contribution in [2.45, 2.75) is 85.0 Å². The SMILES string of the molecule is CCOCCOCCOCCOc1ccc(-c2sc(-c3ccc(C(C)(C)C)s3)cc2C2=C(c3cc(-c4ccc(C(C)(C)C)s4)sc3-c3ccc(OCCOCCOCCOCC)cc3)C(F)(F)CC2)cc1. The summed E-state index contributed by atoms with van der Waals surface area (Å²) in [5, 5.41) is 0. The Balaban J connectivity index is 1.20. The number of hydrogen-bond acceptors (Lipinski definition) is 12. The van der Waals surface area contributed by atoms with E-state index in [1.807, 2.05) is 68.4 Å². The summed E-state index contributed by atoms with van der Waals surface area (Å²) in [6.45, 7) is 24.3. The number of halogens is 2. The lowest BCUT2D eigenvalue weighted by Crippen LogP contribution is -2.13. The minimum atomic E-state index is -3.07. The van der Waals surface area contributed by atoms with Gasteiger partial charge in [0.05, 0.1) is 66.1 Å². The van der Waals surface area contributed by atoms with E-state index in [4.69, 9.17) is 37.9 Å². The Labute approximate surface area is 435 Å². The first kappa shape index (κ1) is 55.0. The average molecular weight is 1050 g/mol. The number of allylic oxidation sites excluding steroid dienone is 2. The van der Waals surface area contributed by atoms with E-state index in [0.29, 0.717) is 115 Å². The van der Waals surface area contributed by atoms with Gasteiger partial charge in [-0.1, -0.05) is 41.5 Å². The zero-order valence-electron chi connectivity index (χ0n) is 42.6. The molecule has 0 unspecified atom stereocenters. The molecule has 7 rings (SSSR count). The Kier molecular flexibility index (Phi) is 20.1. The number of benzene rings is 2. The third-order valence-electron chi connectivity index (χ3n) is 11.7. The van der Waals surface area contributed by atoms with Crippen molar-refractivity contribution in [3.63, 3.8) is 0 Å². The molecule has 0 aliphatic heterocycles. The summed E-state index contributed by atoms with van der Waals surface area (Å²) in [6, 6.07) is 28.6. The molecule has 2 aromatic carbocycles. The van der Waals surface area contributed by atoms with Crippen molar-refractivity contribution < 1.29 is 46.7 Å². The monoisotopic (exact) mass is 1050 g/mol. The van der Waals surface area contributed by atoms with E-state index < -0.39 is 5.92 Å². The van der Waals surface area contributed by atoms with Gasteiger partial charge in [0, 0.05) is 69.8 Å². The number of hydrogen-bond donors (Lipinski definition) is 0. The molecule has 0 saturated carbocycles. The van der Waals surface area contributed by atoms with Crippen LogP contribution in [-0.2, 0) is 39.3 Å². The van der Waals surface area contributed by atoms with Crippen LogP contribution in [0, 0.1) is 0 Å². The molecule has 4 aromatic heterocycles. The Morgan fingerprint density at radius 1 is 0.451 bits per heavy atom. The van der Waals surface area contributed by atoms with E-state index in [0.717, 1.165) is 46.0 Å². The van der Waals surface area contributed by atoms with E-state index in [-0.39, 0.29) is 29.2 Å². The van der Waals surface area contributed by atoms with Crippen LogP contribution < -0.4 is 9.47 Å². The summed E-state index contributed by atoms with van der Waals surface area (Å²) < 4.78 is 79.4. The van der Waals surface area contributed by atoms with Gasteiger partial charge in [-0.25, -0.2) is 8.78 Å². The van der Waals surface area contributed by atoms with Crippen LogP contribution in [0.3, 0.4) is 0 Å². The van der Waals surface area contributed by atoms with Crippen molar-refractivity contribution in [1.82, 2.24) is 0 Å². The molecule has 1 aliphatic rings. The second-order valence-corrected chi connectivity index (χ2v) is 23.5. The molecule has 71 heavy (non-hydrogen) atoms. The maximum Gasteiger partial charge on any atom is 0.274 e. The van der Waals surface area contributed by atoms with Crippen molar-refractivity contribution in [3.8, 4) is 51.9 Å². The van der Waals surface area contributed by atoms with Crippen LogP contribution >= 0.6 is 45.3 Å². The van der Waals surface area contributed by atoms with Crippen LogP contribution in [-0.4, -0.2) is 98.4 Å². The molecule has 6 aromatic rings. The maximum atomic E-state index is 17.1. The molecule has 14 heteroatoms. The van der Waals surface area contributed by atoms with Crippen molar-refractivity contribution in [2.24, 2.45) is 0 Å². The molecule has 0 radical (unpaired) electrons. The van der Waals surface area contributed by atoms with Crippen molar-refractivity contribution in [2.75, 3.05) is 92.5 Å². The number of alkyl halides is 2. The summed E-state index contributed by atoms with van der Waals surface area (Å²) in [7, 11) is 0. The highest BCUT2D eigenvalue weighted by Gasteiger charge is 2.45. The molecule has 0 atom stereocenters. The predicted molar refractivity (Wildman–Crippen MR) is 292 cm³/mol. The van der Waals surface area contributed by atoms with Crippen LogP contribution in [0.5, 0.6) is 11.5 Å². The number of rotatable bonds is 28. The van der Waals surface area contributed by atoms with Gasteiger partial charge >= 0.3 is 0 Å². The van der Waals surface area contributed by atoms with Crippen LogP contribution in [0.25, 0.3) is 51.5 Å². The van der Waals surface area contributed by atoms with Gasteiger partial charge in [-0.05, 0) is 138 Å². The highest BCUT2D eigenvalue weighted by molar-refractivity contribution is 7.24. The largest absolute Gasteiger partial charge is 0.491 e. The fourth-order valence-corrected chi connectivity index (χ4v) is 12.7. The topological polar surface area (TPSA) is 73.8 Å². The van der Waals surface area contributed by atoms with Gasteiger partial charge < -0.3 is 37.9 Å². The van der Waals surface area contributed by atoms with Gasteiger partial charge in [0.15, 0.2) is 0 Å². The Bertz CT molecular complexity index is 2590. The Morgan fingerprint density at radius 3 is 1.23 bits per heavy atom. The quantitative estimate of drug-likeness (QED) is 0.0450. The highest BCUT2D eigenvalue weighted by atomic mass is 32.1. The lowest BCUT2D eigenvalue weighted by atomic mass is 9.93. The number of ether oxygens (including phenoxy) is 8. The zero-order chi connectivity index (χ0) is 50.4. The fourth-order valence-electron chi connectivity index (χ4n) is 8.00. The second kappa shape index (κ2) is 25.9. The predicted octanol–water partition coefficient (Wildman–Crippen LogP) is 15.4. The van der Waals surface area contributed by atoms with E-state index in [1.54, 1.807) is 45.3 Å². The molecule has 1 aliphatic carbocycles. The first-order valence-corrected chi connectivity index (χ1v) is 28.0. The lowest BCUT2D eigenvalue weighted by molar-refractivity contribution is 0.0114. The van der Waals surface area contributed by atoms with Gasteiger partial charge in [0.25, 0.3) is 5.92 Å².